The van der Waals surface area contributed by atoms with Gasteiger partial charge in [-0.25, -0.2) is 14.4 Å². The average molecular weight is 357 g/mol. The number of aromatic carboxylic acids is 1. The Morgan fingerprint density at radius 3 is 2.23 bits per heavy atom. The zero-order valence-corrected chi connectivity index (χ0v) is 14.2. The van der Waals surface area contributed by atoms with Crippen LogP contribution in [0.2, 0.25) is 0 Å². The third-order valence-corrected chi connectivity index (χ3v) is 3.63. The smallest absolute Gasteiger partial charge is 0.408 e. The minimum Gasteiger partial charge on any atom is -0.478 e. The standard InChI is InChI=1S/C19H19NO6/c1-25-18(23)16(11-13-7-9-15(10-8-13)17(21)22)20-19(24)26-12-14-5-3-2-4-6-14/h2-10,16H,11-12H2,1H3,(H,20,24)(H,21,22)/t16-/m0/s1. The highest BCUT2D eigenvalue weighted by atomic mass is 16.6. The maximum absolute atomic E-state index is 12.0. The van der Waals surface area contributed by atoms with Crippen LogP contribution >= 0.6 is 0 Å². The molecule has 26 heavy (non-hydrogen) atoms. The summed E-state index contributed by atoms with van der Waals surface area (Å²) in [5.41, 5.74) is 1.63. The Hall–Kier alpha value is -3.35. The van der Waals surface area contributed by atoms with E-state index in [1.807, 2.05) is 30.3 Å². The molecule has 0 fully saturated rings. The van der Waals surface area contributed by atoms with Crippen LogP contribution in [0, 0.1) is 0 Å². The highest BCUT2D eigenvalue weighted by molar-refractivity contribution is 5.87. The van der Waals surface area contributed by atoms with Gasteiger partial charge in [-0.05, 0) is 23.3 Å². The second kappa shape index (κ2) is 9.22. The van der Waals surface area contributed by atoms with Crippen LogP contribution in [0.15, 0.2) is 54.6 Å². The Labute approximate surface area is 150 Å². The monoisotopic (exact) mass is 357 g/mol. The number of hydrogen-bond acceptors (Lipinski definition) is 5. The van der Waals surface area contributed by atoms with Crippen LogP contribution < -0.4 is 5.32 Å². The first-order valence-electron chi connectivity index (χ1n) is 7.87. The largest absolute Gasteiger partial charge is 0.478 e. The quantitative estimate of drug-likeness (QED) is 0.738. The maximum Gasteiger partial charge on any atom is 0.408 e. The average Bonchev–Trinajstić information content (AvgIpc) is 2.66. The van der Waals surface area contributed by atoms with Gasteiger partial charge in [-0.15, -0.1) is 0 Å². The summed E-state index contributed by atoms with van der Waals surface area (Å²) in [6.45, 7) is 0.0773. The number of amides is 1. The van der Waals surface area contributed by atoms with Crippen molar-refractivity contribution in [1.29, 1.82) is 0 Å². The third kappa shape index (κ3) is 5.62. The van der Waals surface area contributed by atoms with E-state index >= 15 is 0 Å². The third-order valence-electron chi connectivity index (χ3n) is 3.63. The number of rotatable bonds is 7. The van der Waals surface area contributed by atoms with Crippen LogP contribution in [-0.4, -0.2) is 36.3 Å². The van der Waals surface area contributed by atoms with Gasteiger partial charge in [-0.3, -0.25) is 0 Å². The van der Waals surface area contributed by atoms with E-state index in [0.717, 1.165) is 5.56 Å². The van der Waals surface area contributed by atoms with Gasteiger partial charge in [0.05, 0.1) is 12.7 Å². The molecule has 0 saturated carbocycles. The highest BCUT2D eigenvalue weighted by Crippen LogP contribution is 2.09. The van der Waals surface area contributed by atoms with E-state index in [2.05, 4.69) is 5.32 Å². The molecule has 0 unspecified atom stereocenters. The molecule has 2 rings (SSSR count). The summed E-state index contributed by atoms with van der Waals surface area (Å²) >= 11 is 0. The van der Waals surface area contributed by atoms with E-state index in [1.54, 1.807) is 12.1 Å². The number of benzene rings is 2. The molecule has 0 spiro atoms. The van der Waals surface area contributed by atoms with E-state index in [1.165, 1.54) is 19.2 Å². The number of carbonyl (C=O) groups excluding carboxylic acids is 2. The first-order valence-corrected chi connectivity index (χ1v) is 7.87. The van der Waals surface area contributed by atoms with Gasteiger partial charge in [0.15, 0.2) is 0 Å². The number of alkyl carbamates (subject to hydrolysis) is 1. The molecule has 7 heteroatoms. The summed E-state index contributed by atoms with van der Waals surface area (Å²) in [7, 11) is 1.22. The number of carboxylic acids is 1. The molecule has 2 aromatic rings. The van der Waals surface area contributed by atoms with Gasteiger partial charge < -0.3 is 19.9 Å². The molecular formula is C19H19NO6. The van der Waals surface area contributed by atoms with Gasteiger partial charge in [-0.2, -0.15) is 0 Å². The summed E-state index contributed by atoms with van der Waals surface area (Å²) in [6, 6.07) is 14.2. The fourth-order valence-corrected chi connectivity index (χ4v) is 2.26. The second-order valence-corrected chi connectivity index (χ2v) is 5.49. The lowest BCUT2D eigenvalue weighted by Gasteiger charge is -2.16. The molecule has 136 valence electrons. The molecule has 2 aromatic carbocycles. The summed E-state index contributed by atoms with van der Waals surface area (Å²) in [4.78, 5) is 34.8. The Kier molecular flexibility index (Phi) is 6.73. The molecule has 0 aromatic heterocycles. The van der Waals surface area contributed by atoms with E-state index < -0.39 is 24.1 Å². The lowest BCUT2D eigenvalue weighted by molar-refractivity contribution is -0.143. The maximum atomic E-state index is 12.0. The minimum absolute atomic E-state index is 0.0773. The van der Waals surface area contributed by atoms with Gasteiger partial charge >= 0.3 is 18.0 Å². The fourth-order valence-electron chi connectivity index (χ4n) is 2.26. The first kappa shape index (κ1) is 19.0. The summed E-state index contributed by atoms with van der Waals surface area (Å²) in [5, 5.41) is 11.4. The summed E-state index contributed by atoms with van der Waals surface area (Å²) < 4.78 is 9.81. The summed E-state index contributed by atoms with van der Waals surface area (Å²) in [6.07, 6.45) is -0.598. The zero-order chi connectivity index (χ0) is 18.9. The van der Waals surface area contributed by atoms with Crippen molar-refractivity contribution in [2.45, 2.75) is 19.1 Å². The number of carboxylic acid groups (broad SMARTS) is 1. The molecule has 0 heterocycles. The van der Waals surface area contributed by atoms with E-state index in [9.17, 15) is 14.4 Å². The van der Waals surface area contributed by atoms with Gasteiger partial charge in [0, 0.05) is 6.42 Å². The van der Waals surface area contributed by atoms with Gasteiger partial charge in [0.2, 0.25) is 0 Å². The Morgan fingerprint density at radius 1 is 1.00 bits per heavy atom. The van der Waals surface area contributed by atoms with Crippen molar-refractivity contribution in [3.8, 4) is 0 Å². The van der Waals surface area contributed by atoms with Crippen LogP contribution in [0.1, 0.15) is 21.5 Å². The topological polar surface area (TPSA) is 102 Å². The van der Waals surface area contributed by atoms with Crippen LogP contribution in [0.4, 0.5) is 4.79 Å². The second-order valence-electron chi connectivity index (χ2n) is 5.49. The van der Waals surface area contributed by atoms with Gasteiger partial charge in [0.25, 0.3) is 0 Å². The number of esters is 1. The Balaban J connectivity index is 1.96. The number of hydrogen-bond donors (Lipinski definition) is 2. The van der Waals surface area contributed by atoms with Gasteiger partial charge in [0.1, 0.15) is 12.6 Å². The SMILES string of the molecule is COC(=O)[C@H](Cc1ccc(C(=O)O)cc1)NC(=O)OCc1ccccc1. The van der Waals surface area contributed by atoms with Crippen LogP contribution in [0.3, 0.4) is 0 Å². The number of nitrogens with one attached hydrogen (secondary N) is 1. The van der Waals surface area contributed by atoms with Crippen LogP contribution in [0.25, 0.3) is 0 Å². The molecule has 0 aliphatic rings. The normalized spacial score (nSPS) is 11.3. The van der Waals surface area contributed by atoms with Crippen molar-refractivity contribution in [1.82, 2.24) is 5.32 Å². The van der Waals surface area contributed by atoms with Crippen molar-refractivity contribution >= 4 is 18.0 Å². The number of carbonyl (C=O) groups is 3. The van der Waals surface area contributed by atoms with E-state index in [4.69, 9.17) is 14.6 Å². The molecule has 1 amide bonds. The lowest BCUT2D eigenvalue weighted by atomic mass is 10.0. The lowest BCUT2D eigenvalue weighted by Crippen LogP contribution is -2.43. The predicted octanol–water partition coefficient (Wildman–Crippen LogP) is 2.40. The molecule has 0 bridgehead atoms. The van der Waals surface area contributed by atoms with Crippen molar-refractivity contribution in [3.05, 3.63) is 71.3 Å². The predicted molar refractivity (Wildman–Crippen MR) is 92.7 cm³/mol. The number of ether oxygens (including phenoxy) is 2. The molecule has 0 aliphatic heterocycles. The van der Waals surface area contributed by atoms with Crippen LogP contribution in [0.5, 0.6) is 0 Å². The number of methoxy groups -OCH3 is 1. The Morgan fingerprint density at radius 2 is 1.65 bits per heavy atom. The first-order chi connectivity index (χ1) is 12.5. The van der Waals surface area contributed by atoms with Crippen LogP contribution in [-0.2, 0) is 27.3 Å². The minimum atomic E-state index is -1.04. The summed E-state index contributed by atoms with van der Waals surface area (Å²) in [5.74, 6) is -1.66. The zero-order valence-electron chi connectivity index (χ0n) is 14.2. The highest BCUT2D eigenvalue weighted by Gasteiger charge is 2.23. The fraction of sp³-hybridized carbons (Fsp3) is 0.211. The molecule has 7 nitrogen and oxygen atoms in total. The van der Waals surface area contributed by atoms with E-state index in [0.29, 0.717) is 5.56 Å². The molecule has 0 radical (unpaired) electrons. The molecular weight excluding hydrogens is 338 g/mol. The molecule has 0 saturated heterocycles. The van der Waals surface area contributed by atoms with Crippen molar-refractivity contribution < 1.29 is 29.0 Å². The van der Waals surface area contributed by atoms with Crippen molar-refractivity contribution in [3.63, 3.8) is 0 Å². The molecule has 0 aliphatic carbocycles. The van der Waals surface area contributed by atoms with E-state index in [-0.39, 0.29) is 18.6 Å². The van der Waals surface area contributed by atoms with Gasteiger partial charge in [-0.1, -0.05) is 42.5 Å². The molecule has 2 N–H and O–H groups in total. The van der Waals surface area contributed by atoms with Crippen molar-refractivity contribution in [2.24, 2.45) is 0 Å². The Bertz CT molecular complexity index is 757. The van der Waals surface area contributed by atoms with Crippen molar-refractivity contribution in [2.75, 3.05) is 7.11 Å². The molecule has 1 atom stereocenters.